The van der Waals surface area contributed by atoms with Gasteiger partial charge in [-0.1, -0.05) is 39.9 Å². The molecule has 4 heterocycles. The maximum atomic E-state index is 12.9. The summed E-state index contributed by atoms with van der Waals surface area (Å²) >= 11 is 10.5. The zero-order chi connectivity index (χ0) is 26.1. The van der Waals surface area contributed by atoms with E-state index in [4.69, 9.17) is 23.1 Å². The minimum absolute atomic E-state index is 0.0294. The minimum Gasteiger partial charge on any atom is -0.477 e. The first kappa shape index (κ1) is 26.2. The standard InChI is InChI=1S/C18H16ClN7O6S4/c19-12-8(24-17(21)36-12)9(25-32)13(28)23-10-14(29)26-11(16(30)31)6(4-33-15(10)26)35-18-22-5(3-34-18)1-2-7(20)27/h3,10,15,32H,1-2,4H2,(H2,20,27)(H2,21,24)(H,23,28)(H,30,31)/b25-9-/t10-,15-/m1/s1. The number of nitrogens with one attached hydrogen (secondary N) is 1. The predicted octanol–water partition coefficient (Wildman–Crippen LogP) is 0.920. The molecule has 0 spiro atoms. The van der Waals surface area contributed by atoms with Gasteiger partial charge in [0, 0.05) is 22.5 Å². The molecule has 0 unspecified atom stereocenters. The van der Waals surface area contributed by atoms with Gasteiger partial charge in [-0.25, -0.2) is 14.8 Å². The maximum Gasteiger partial charge on any atom is 0.353 e. The molecule has 36 heavy (non-hydrogen) atoms. The number of thiazole rings is 2. The summed E-state index contributed by atoms with van der Waals surface area (Å²) in [4.78, 5) is 58.4. The number of rotatable bonds is 9. The van der Waals surface area contributed by atoms with E-state index in [-0.39, 0.29) is 33.0 Å². The van der Waals surface area contributed by atoms with Gasteiger partial charge in [0.25, 0.3) is 11.8 Å². The molecule has 1 fully saturated rings. The number of oxime groups is 1. The number of anilines is 1. The molecule has 1 saturated heterocycles. The number of aliphatic carboxylic acids is 1. The number of carboxylic acids is 1. The van der Waals surface area contributed by atoms with Crippen LogP contribution in [0.25, 0.3) is 0 Å². The van der Waals surface area contributed by atoms with E-state index in [0.29, 0.717) is 21.4 Å². The third-order valence-corrected chi connectivity index (χ3v) is 9.55. The Morgan fingerprint density at radius 3 is 2.72 bits per heavy atom. The Labute approximate surface area is 224 Å². The maximum absolute atomic E-state index is 12.9. The molecular formula is C18H16ClN7O6S4. The van der Waals surface area contributed by atoms with Crippen molar-refractivity contribution >= 4 is 92.3 Å². The molecule has 2 aromatic heterocycles. The zero-order valence-electron chi connectivity index (χ0n) is 17.8. The first-order valence-corrected chi connectivity index (χ1v) is 13.8. The van der Waals surface area contributed by atoms with Crippen molar-refractivity contribution < 1.29 is 29.5 Å². The molecule has 18 heteroatoms. The number of hydrogen-bond donors (Lipinski definition) is 5. The highest BCUT2D eigenvalue weighted by molar-refractivity contribution is 8.07. The van der Waals surface area contributed by atoms with Gasteiger partial charge in [0.05, 0.1) is 5.69 Å². The third kappa shape index (κ3) is 5.15. The second-order valence-electron chi connectivity index (χ2n) is 7.23. The van der Waals surface area contributed by atoms with Crippen LogP contribution in [0.2, 0.25) is 4.34 Å². The van der Waals surface area contributed by atoms with Crippen LogP contribution in [-0.4, -0.2) is 71.8 Å². The van der Waals surface area contributed by atoms with Crippen LogP contribution >= 0.6 is 57.8 Å². The number of thioether (sulfide) groups is 2. The highest BCUT2D eigenvalue weighted by Crippen LogP contribution is 2.45. The lowest BCUT2D eigenvalue weighted by Crippen LogP contribution is -2.71. The lowest BCUT2D eigenvalue weighted by atomic mass is 10.0. The van der Waals surface area contributed by atoms with Gasteiger partial charge in [-0.3, -0.25) is 19.3 Å². The fraction of sp³-hybridized carbons (Fsp3) is 0.278. The van der Waals surface area contributed by atoms with Crippen LogP contribution in [0.5, 0.6) is 0 Å². The topological polar surface area (TPSA) is 214 Å². The molecule has 0 aromatic carbocycles. The fourth-order valence-electron chi connectivity index (χ4n) is 3.35. The van der Waals surface area contributed by atoms with Gasteiger partial charge >= 0.3 is 5.97 Å². The molecule has 2 aliphatic heterocycles. The number of β-lactam (4-membered cyclic amide) rings is 1. The molecule has 3 amide bonds. The number of nitrogens with zero attached hydrogens (tertiary/aromatic N) is 4. The van der Waals surface area contributed by atoms with E-state index in [9.17, 15) is 29.5 Å². The summed E-state index contributed by atoms with van der Waals surface area (Å²) in [7, 11) is 0. The number of nitrogens with two attached hydrogens (primary N) is 2. The lowest BCUT2D eigenvalue weighted by Gasteiger charge is -2.49. The van der Waals surface area contributed by atoms with Crippen molar-refractivity contribution in [3.05, 3.63) is 31.7 Å². The number of halogens is 1. The normalized spacial score (nSPS) is 19.6. The van der Waals surface area contributed by atoms with Crippen molar-refractivity contribution in [3.8, 4) is 0 Å². The van der Waals surface area contributed by atoms with Gasteiger partial charge in [-0.15, -0.1) is 23.1 Å². The van der Waals surface area contributed by atoms with Crippen molar-refractivity contribution in [1.29, 1.82) is 0 Å². The van der Waals surface area contributed by atoms with Gasteiger partial charge in [0.1, 0.15) is 27.1 Å². The molecular weight excluding hydrogens is 574 g/mol. The van der Waals surface area contributed by atoms with E-state index >= 15 is 0 Å². The predicted molar refractivity (Wildman–Crippen MR) is 135 cm³/mol. The number of nitrogen functional groups attached to an aromatic ring is 1. The third-order valence-electron chi connectivity index (χ3n) is 4.93. The van der Waals surface area contributed by atoms with Crippen LogP contribution in [0.4, 0.5) is 5.13 Å². The number of primary amides is 1. The zero-order valence-corrected chi connectivity index (χ0v) is 21.9. The Balaban J connectivity index is 1.49. The Morgan fingerprint density at radius 1 is 1.36 bits per heavy atom. The van der Waals surface area contributed by atoms with Crippen molar-refractivity contribution in [1.82, 2.24) is 20.2 Å². The lowest BCUT2D eigenvalue weighted by molar-refractivity contribution is -0.150. The number of fused-ring (bicyclic) bond motifs is 1. The summed E-state index contributed by atoms with van der Waals surface area (Å²) in [5.74, 6) is -3.06. The summed E-state index contributed by atoms with van der Waals surface area (Å²) in [6.45, 7) is 0. The van der Waals surface area contributed by atoms with Crippen molar-refractivity contribution in [3.63, 3.8) is 0 Å². The number of carbonyl (C=O) groups excluding carboxylic acids is 3. The number of hydrogen-bond acceptors (Lipinski definition) is 13. The van der Waals surface area contributed by atoms with Crippen LogP contribution in [0, 0.1) is 0 Å². The number of aromatic nitrogens is 2. The van der Waals surface area contributed by atoms with Crippen molar-refractivity contribution in [2.24, 2.45) is 10.9 Å². The fourth-order valence-corrected chi connectivity index (χ4v) is 7.78. The Bertz CT molecular complexity index is 1320. The van der Waals surface area contributed by atoms with Crippen molar-refractivity contribution in [2.45, 2.75) is 28.6 Å². The van der Waals surface area contributed by atoms with E-state index < -0.39 is 40.8 Å². The first-order valence-electron chi connectivity index (χ1n) is 9.87. The van der Waals surface area contributed by atoms with E-state index in [1.807, 2.05) is 0 Å². The van der Waals surface area contributed by atoms with Crippen LogP contribution in [0.1, 0.15) is 17.8 Å². The van der Waals surface area contributed by atoms with E-state index in [0.717, 1.165) is 28.0 Å². The van der Waals surface area contributed by atoms with Crippen LogP contribution in [0.15, 0.2) is 25.5 Å². The summed E-state index contributed by atoms with van der Waals surface area (Å²) in [5.41, 5.74) is 10.5. The minimum atomic E-state index is -1.30. The van der Waals surface area contributed by atoms with Gasteiger partial charge in [0.2, 0.25) is 5.91 Å². The molecule has 0 bridgehead atoms. The summed E-state index contributed by atoms with van der Waals surface area (Å²) in [6, 6.07) is -1.06. The second kappa shape index (κ2) is 10.6. The first-order chi connectivity index (χ1) is 17.1. The summed E-state index contributed by atoms with van der Waals surface area (Å²) in [5, 5.41) is 25.7. The highest BCUT2D eigenvalue weighted by atomic mass is 35.5. The van der Waals surface area contributed by atoms with Crippen LogP contribution in [0.3, 0.4) is 0 Å². The van der Waals surface area contributed by atoms with E-state index in [2.05, 4.69) is 20.4 Å². The van der Waals surface area contributed by atoms with Gasteiger partial charge in [-0.2, -0.15) is 0 Å². The van der Waals surface area contributed by atoms with Crippen LogP contribution in [-0.2, 0) is 25.6 Å². The number of carbonyl (C=O) groups is 4. The number of aryl methyl sites for hydroxylation is 1. The smallest absolute Gasteiger partial charge is 0.353 e. The second-order valence-corrected chi connectivity index (χ2v) is 12.2. The van der Waals surface area contributed by atoms with Crippen molar-refractivity contribution in [2.75, 3.05) is 11.5 Å². The Hall–Kier alpha value is -2.86. The largest absolute Gasteiger partial charge is 0.477 e. The van der Waals surface area contributed by atoms with Gasteiger partial charge in [0.15, 0.2) is 15.2 Å². The SMILES string of the molecule is NC(=O)CCc1csc(SC2=C(C(=O)O)N3C(=O)[C@@H](NC(=O)/C(=N\O)c4nc(N)sc4Cl)[C@H]3SC2)n1. The molecule has 7 N–H and O–H groups in total. The molecule has 2 atom stereocenters. The number of amides is 3. The Morgan fingerprint density at radius 2 is 2.11 bits per heavy atom. The molecule has 4 rings (SSSR count). The van der Waals surface area contributed by atoms with E-state index in [1.54, 1.807) is 5.38 Å². The molecule has 0 aliphatic carbocycles. The average molecular weight is 590 g/mol. The monoisotopic (exact) mass is 589 g/mol. The molecule has 0 saturated carbocycles. The number of carboxylic acid groups (broad SMARTS) is 1. The Kier molecular flexibility index (Phi) is 7.74. The highest BCUT2D eigenvalue weighted by Gasteiger charge is 2.54. The van der Waals surface area contributed by atoms with E-state index in [1.165, 1.54) is 23.1 Å². The molecule has 13 nitrogen and oxygen atoms in total. The molecule has 0 radical (unpaired) electrons. The summed E-state index contributed by atoms with van der Waals surface area (Å²) < 4.78 is 0.588. The molecule has 190 valence electrons. The quantitative estimate of drug-likeness (QED) is 0.120. The van der Waals surface area contributed by atoms with Gasteiger partial charge in [-0.05, 0) is 6.42 Å². The molecule has 2 aliphatic rings. The summed E-state index contributed by atoms with van der Waals surface area (Å²) in [6.07, 6.45) is 0.520. The average Bonchev–Trinajstić information content (AvgIpc) is 3.41. The molecule has 2 aromatic rings. The van der Waals surface area contributed by atoms with Crippen LogP contribution < -0.4 is 16.8 Å². The van der Waals surface area contributed by atoms with Gasteiger partial charge < -0.3 is 27.1 Å².